The number of carbonyl (C=O) groups excluding carboxylic acids is 3. The molecule has 30 heavy (non-hydrogen) atoms. The molecule has 0 radical (unpaired) electrons. The maximum atomic E-state index is 12.9. The minimum absolute atomic E-state index is 0.0915. The summed E-state index contributed by atoms with van der Waals surface area (Å²) >= 11 is 0. The number of carbonyl (C=O) groups is 3. The molecule has 2 aromatic heterocycles. The van der Waals surface area contributed by atoms with E-state index in [0.717, 1.165) is 0 Å². The van der Waals surface area contributed by atoms with Crippen LogP contribution in [0.15, 0.2) is 18.6 Å². The lowest BCUT2D eigenvalue weighted by molar-refractivity contribution is -0.136. The number of aryl methyl sites for hydroxylation is 2. The second-order valence-corrected chi connectivity index (χ2v) is 7.15. The van der Waals surface area contributed by atoms with Crippen LogP contribution in [-0.2, 0) is 16.6 Å². The molecule has 0 aromatic carbocycles. The van der Waals surface area contributed by atoms with Gasteiger partial charge in [-0.15, -0.1) is 0 Å². The van der Waals surface area contributed by atoms with Crippen molar-refractivity contribution in [3.63, 3.8) is 0 Å². The minimum atomic E-state index is -0.540. The molecule has 162 valence electrons. The number of nitrogens with zero attached hydrogens (tertiary/aromatic N) is 6. The van der Waals surface area contributed by atoms with Crippen molar-refractivity contribution in [3.8, 4) is 0 Å². The van der Waals surface area contributed by atoms with E-state index in [4.69, 9.17) is 4.74 Å². The van der Waals surface area contributed by atoms with Crippen LogP contribution in [0, 0.1) is 6.92 Å². The van der Waals surface area contributed by atoms with Crippen LogP contribution in [0.2, 0.25) is 0 Å². The van der Waals surface area contributed by atoms with E-state index in [2.05, 4.69) is 15.5 Å². The topological polar surface area (TPSA) is 115 Å². The van der Waals surface area contributed by atoms with Gasteiger partial charge in [0.05, 0.1) is 29.7 Å². The summed E-state index contributed by atoms with van der Waals surface area (Å²) < 4.78 is 8.10. The predicted octanol–water partition coefficient (Wildman–Crippen LogP) is 1.04. The fourth-order valence-electron chi connectivity index (χ4n) is 3.24. The highest BCUT2D eigenvalue weighted by Gasteiger charge is 2.29. The fourth-order valence-corrected chi connectivity index (χ4v) is 3.24. The number of hydrogen-bond donors (Lipinski definition) is 1. The molecule has 0 saturated carbocycles. The smallest absolute Gasteiger partial charge is 0.409 e. The zero-order valence-corrected chi connectivity index (χ0v) is 17.7. The molecule has 1 N–H and O–H groups in total. The van der Waals surface area contributed by atoms with Gasteiger partial charge in [-0.3, -0.25) is 19.0 Å². The Hall–Kier alpha value is -3.37. The monoisotopic (exact) mass is 417 g/mol. The van der Waals surface area contributed by atoms with Crippen molar-refractivity contribution in [2.24, 2.45) is 7.05 Å². The van der Waals surface area contributed by atoms with Gasteiger partial charge in [-0.1, -0.05) is 0 Å². The van der Waals surface area contributed by atoms with Gasteiger partial charge in [-0.2, -0.15) is 10.2 Å². The van der Waals surface area contributed by atoms with Crippen LogP contribution in [-0.4, -0.2) is 80.1 Å². The highest BCUT2D eigenvalue weighted by Crippen LogP contribution is 2.19. The number of hydrogen-bond acceptors (Lipinski definition) is 6. The molecule has 1 saturated heterocycles. The Labute approximate surface area is 174 Å². The first-order valence-corrected chi connectivity index (χ1v) is 9.86. The lowest BCUT2D eigenvalue weighted by atomic mass is 10.2. The molecule has 1 aliphatic rings. The summed E-state index contributed by atoms with van der Waals surface area (Å²) in [4.78, 5) is 40.4. The third-order valence-corrected chi connectivity index (χ3v) is 5.00. The molecule has 1 fully saturated rings. The average molecular weight is 417 g/mol. The van der Waals surface area contributed by atoms with E-state index < -0.39 is 6.04 Å². The third kappa shape index (κ3) is 4.61. The number of ether oxygens (including phenoxy) is 1. The fraction of sp³-hybridized carbons (Fsp3) is 0.526. The molecule has 3 rings (SSSR count). The van der Waals surface area contributed by atoms with E-state index in [1.54, 1.807) is 59.4 Å². The van der Waals surface area contributed by atoms with Crippen LogP contribution in [0.4, 0.5) is 10.5 Å². The highest BCUT2D eigenvalue weighted by atomic mass is 16.6. The number of piperazine rings is 1. The number of rotatable bonds is 5. The molecule has 0 bridgehead atoms. The Kier molecular flexibility index (Phi) is 6.38. The van der Waals surface area contributed by atoms with Crippen LogP contribution < -0.4 is 5.32 Å². The lowest BCUT2D eigenvalue weighted by Crippen LogP contribution is -2.52. The first kappa shape index (κ1) is 21.3. The van der Waals surface area contributed by atoms with E-state index >= 15 is 0 Å². The van der Waals surface area contributed by atoms with Crippen molar-refractivity contribution in [2.75, 3.05) is 38.1 Å². The van der Waals surface area contributed by atoms with Gasteiger partial charge in [0.1, 0.15) is 6.04 Å². The lowest BCUT2D eigenvalue weighted by Gasteiger charge is -2.35. The average Bonchev–Trinajstić information content (AvgIpc) is 3.33. The maximum absolute atomic E-state index is 12.9. The Morgan fingerprint density at radius 1 is 1.17 bits per heavy atom. The van der Waals surface area contributed by atoms with E-state index in [1.165, 1.54) is 6.20 Å². The molecule has 0 aliphatic carbocycles. The van der Waals surface area contributed by atoms with E-state index in [1.807, 2.05) is 0 Å². The van der Waals surface area contributed by atoms with Gasteiger partial charge in [0.2, 0.25) is 5.91 Å². The van der Waals surface area contributed by atoms with E-state index in [-0.39, 0.29) is 17.9 Å². The molecule has 1 atom stereocenters. The zero-order chi connectivity index (χ0) is 21.8. The molecular formula is C19H27N7O4. The summed E-state index contributed by atoms with van der Waals surface area (Å²) in [6.07, 6.45) is 4.41. The third-order valence-electron chi connectivity index (χ3n) is 5.00. The summed E-state index contributed by atoms with van der Waals surface area (Å²) in [5, 5.41) is 11.2. The summed E-state index contributed by atoms with van der Waals surface area (Å²) in [6.45, 7) is 7.36. The van der Waals surface area contributed by atoms with Crippen molar-refractivity contribution >= 4 is 23.6 Å². The predicted molar refractivity (Wildman–Crippen MR) is 108 cm³/mol. The Balaban J connectivity index is 1.61. The first-order valence-electron chi connectivity index (χ1n) is 9.86. The highest BCUT2D eigenvalue weighted by molar-refractivity contribution is 6.04. The molecule has 3 heterocycles. The largest absolute Gasteiger partial charge is 0.450 e. The first-order chi connectivity index (χ1) is 14.3. The van der Waals surface area contributed by atoms with Crippen LogP contribution in [0.3, 0.4) is 0 Å². The molecule has 11 nitrogen and oxygen atoms in total. The second kappa shape index (κ2) is 8.97. The minimum Gasteiger partial charge on any atom is -0.450 e. The van der Waals surface area contributed by atoms with Gasteiger partial charge in [-0.05, 0) is 20.8 Å². The summed E-state index contributed by atoms with van der Waals surface area (Å²) in [5.74, 6) is -0.383. The molecule has 1 unspecified atom stereocenters. The molecule has 2 aromatic rings. The molecule has 0 spiro atoms. The maximum Gasteiger partial charge on any atom is 0.409 e. The van der Waals surface area contributed by atoms with Gasteiger partial charge >= 0.3 is 6.09 Å². The van der Waals surface area contributed by atoms with Gasteiger partial charge in [0.15, 0.2) is 0 Å². The number of nitrogens with one attached hydrogen (secondary N) is 1. The molecule has 3 amide bonds. The summed E-state index contributed by atoms with van der Waals surface area (Å²) in [6, 6.07) is -0.540. The van der Waals surface area contributed by atoms with Crippen LogP contribution in [0.25, 0.3) is 0 Å². The van der Waals surface area contributed by atoms with Gasteiger partial charge in [-0.25, -0.2) is 4.79 Å². The van der Waals surface area contributed by atoms with Gasteiger partial charge < -0.3 is 19.9 Å². The van der Waals surface area contributed by atoms with E-state index in [0.29, 0.717) is 49.7 Å². The van der Waals surface area contributed by atoms with Crippen molar-refractivity contribution in [3.05, 3.63) is 29.8 Å². The van der Waals surface area contributed by atoms with E-state index in [9.17, 15) is 14.4 Å². The van der Waals surface area contributed by atoms with Crippen molar-refractivity contribution < 1.29 is 19.1 Å². The van der Waals surface area contributed by atoms with Crippen LogP contribution in [0.5, 0.6) is 0 Å². The van der Waals surface area contributed by atoms with Gasteiger partial charge in [0.25, 0.3) is 5.91 Å². The zero-order valence-electron chi connectivity index (χ0n) is 17.7. The Morgan fingerprint density at radius 3 is 2.43 bits per heavy atom. The standard InChI is InChI=1S/C19H27N7O4/c1-5-30-19(29)25-8-6-24(7-9-25)18(28)14(3)26-12-16(13(2)22-26)21-17(27)15-10-20-23(4)11-15/h10-12,14H,5-9H2,1-4H3,(H,21,27). The quantitative estimate of drug-likeness (QED) is 0.777. The SMILES string of the molecule is CCOC(=O)N1CCN(C(=O)C(C)n2cc(NC(=O)c3cnn(C)c3)c(C)n2)CC1. The van der Waals surface area contributed by atoms with Gasteiger partial charge in [0, 0.05) is 45.6 Å². The summed E-state index contributed by atoms with van der Waals surface area (Å²) in [5.41, 5.74) is 1.59. The van der Waals surface area contributed by atoms with Crippen molar-refractivity contribution in [1.29, 1.82) is 0 Å². The second-order valence-electron chi connectivity index (χ2n) is 7.15. The normalized spacial score (nSPS) is 15.1. The summed E-state index contributed by atoms with van der Waals surface area (Å²) in [7, 11) is 1.74. The molecule has 11 heteroatoms. The number of anilines is 1. The van der Waals surface area contributed by atoms with Crippen LogP contribution in [0.1, 0.15) is 35.9 Å². The van der Waals surface area contributed by atoms with Crippen LogP contribution >= 0.6 is 0 Å². The number of amides is 3. The Morgan fingerprint density at radius 2 is 1.83 bits per heavy atom. The Bertz CT molecular complexity index is 927. The molecule has 1 aliphatic heterocycles. The van der Waals surface area contributed by atoms with Crippen molar-refractivity contribution in [1.82, 2.24) is 29.4 Å². The number of aromatic nitrogens is 4. The molecular weight excluding hydrogens is 390 g/mol. The van der Waals surface area contributed by atoms with Crippen molar-refractivity contribution in [2.45, 2.75) is 26.8 Å².